The van der Waals surface area contributed by atoms with Gasteiger partial charge < -0.3 is 14.7 Å². The minimum atomic E-state index is -1.83. The van der Waals surface area contributed by atoms with Crippen LogP contribution in [0.2, 0.25) is 0 Å². The Morgan fingerprint density at radius 2 is 1.75 bits per heavy atom. The van der Waals surface area contributed by atoms with Gasteiger partial charge in [0.1, 0.15) is 12.1 Å². The predicted molar refractivity (Wildman–Crippen MR) is 42.3 cm³/mol. The van der Waals surface area contributed by atoms with Gasteiger partial charge in [0.2, 0.25) is 0 Å². The van der Waals surface area contributed by atoms with Crippen molar-refractivity contribution in [2.45, 2.75) is 13.8 Å². The van der Waals surface area contributed by atoms with Crippen LogP contribution in [0.5, 0.6) is 5.75 Å². The Kier molecular flexibility index (Phi) is 2.62. The van der Waals surface area contributed by atoms with Crippen LogP contribution in [-0.4, -0.2) is 27.3 Å². The highest BCUT2D eigenvalue weighted by Gasteiger charge is 2.15. The summed E-state index contributed by atoms with van der Waals surface area (Å²) in [7, 11) is -1.83. The molecule has 12 heavy (non-hydrogen) atoms. The number of hydrogen-bond acceptors (Lipinski definition) is 5. The van der Waals surface area contributed by atoms with Gasteiger partial charge in [0, 0.05) is 0 Å². The van der Waals surface area contributed by atoms with Crippen LogP contribution in [0.4, 0.5) is 0 Å². The monoisotopic (exact) mass is 168 g/mol. The van der Waals surface area contributed by atoms with Crippen molar-refractivity contribution in [2.75, 3.05) is 0 Å². The molecular weight excluding hydrogens is 159 g/mol. The molecule has 1 aromatic rings. The average molecular weight is 168 g/mol. The molecule has 0 aliphatic rings. The van der Waals surface area contributed by atoms with E-state index >= 15 is 0 Å². The van der Waals surface area contributed by atoms with Crippen molar-refractivity contribution in [3.8, 4) is 5.75 Å². The van der Waals surface area contributed by atoms with E-state index < -0.39 is 7.32 Å². The molecule has 0 spiro atoms. The molecule has 1 aromatic heterocycles. The molecule has 0 bridgehead atoms. The summed E-state index contributed by atoms with van der Waals surface area (Å²) >= 11 is 0. The summed E-state index contributed by atoms with van der Waals surface area (Å²) in [4.78, 5) is 7.67. The van der Waals surface area contributed by atoms with E-state index in [4.69, 9.17) is 10.0 Å². The summed E-state index contributed by atoms with van der Waals surface area (Å²) < 4.78 is 4.66. The van der Waals surface area contributed by atoms with Crippen LogP contribution in [0.3, 0.4) is 0 Å². The molecule has 0 amide bonds. The number of hydrogen-bond donors (Lipinski definition) is 2. The van der Waals surface area contributed by atoms with Crippen molar-refractivity contribution in [1.82, 2.24) is 9.97 Å². The first-order valence-corrected chi connectivity index (χ1v) is 3.42. The number of aromatic nitrogens is 2. The Morgan fingerprint density at radius 3 is 2.17 bits per heavy atom. The van der Waals surface area contributed by atoms with Crippen LogP contribution in [0.25, 0.3) is 0 Å². The quantitative estimate of drug-likeness (QED) is 0.579. The zero-order valence-corrected chi connectivity index (χ0v) is 6.85. The van der Waals surface area contributed by atoms with Crippen molar-refractivity contribution in [3.63, 3.8) is 0 Å². The van der Waals surface area contributed by atoms with Gasteiger partial charge >= 0.3 is 7.32 Å². The molecule has 1 rings (SSSR count). The molecule has 0 saturated carbocycles. The fourth-order valence-corrected chi connectivity index (χ4v) is 0.857. The molecule has 0 radical (unpaired) electrons. The first kappa shape index (κ1) is 8.96. The molecule has 0 aliphatic carbocycles. The fraction of sp³-hybridized carbons (Fsp3) is 0.333. The Hall–Kier alpha value is -1.14. The Morgan fingerprint density at radius 1 is 1.25 bits per heavy atom. The molecule has 6 heteroatoms. The van der Waals surface area contributed by atoms with Crippen molar-refractivity contribution in [1.29, 1.82) is 0 Å². The van der Waals surface area contributed by atoms with Gasteiger partial charge in [-0.3, -0.25) is 0 Å². The Labute approximate surface area is 70.2 Å². The van der Waals surface area contributed by atoms with Crippen molar-refractivity contribution >= 4 is 7.32 Å². The summed E-state index contributed by atoms with van der Waals surface area (Å²) in [5, 5.41) is 17.1. The highest BCUT2D eigenvalue weighted by Crippen LogP contribution is 2.17. The molecule has 5 nitrogen and oxygen atoms in total. The van der Waals surface area contributed by atoms with E-state index in [9.17, 15) is 0 Å². The third kappa shape index (κ3) is 1.93. The van der Waals surface area contributed by atoms with Crippen LogP contribution in [0.15, 0.2) is 6.33 Å². The molecule has 2 N–H and O–H groups in total. The van der Waals surface area contributed by atoms with E-state index in [1.807, 2.05) is 0 Å². The minimum Gasteiger partial charge on any atom is -0.509 e. The third-order valence-electron chi connectivity index (χ3n) is 1.38. The Balaban J connectivity index is 2.96. The second-order valence-corrected chi connectivity index (χ2v) is 2.32. The lowest BCUT2D eigenvalue weighted by Crippen LogP contribution is -2.22. The topological polar surface area (TPSA) is 75.5 Å². The van der Waals surface area contributed by atoms with Crippen LogP contribution in [0, 0.1) is 13.8 Å². The smallest absolute Gasteiger partial charge is 0.509 e. The fourth-order valence-electron chi connectivity index (χ4n) is 0.857. The van der Waals surface area contributed by atoms with Crippen molar-refractivity contribution < 1.29 is 14.7 Å². The maximum atomic E-state index is 8.53. The lowest BCUT2D eigenvalue weighted by atomic mass is 10.2. The van der Waals surface area contributed by atoms with Crippen LogP contribution >= 0.6 is 0 Å². The van der Waals surface area contributed by atoms with E-state index in [1.165, 1.54) is 6.33 Å². The second-order valence-electron chi connectivity index (χ2n) is 2.32. The third-order valence-corrected chi connectivity index (χ3v) is 1.38. The van der Waals surface area contributed by atoms with Gasteiger partial charge in [-0.2, -0.15) is 0 Å². The highest BCUT2D eigenvalue weighted by molar-refractivity contribution is 6.33. The first-order chi connectivity index (χ1) is 5.61. The molecule has 0 saturated heterocycles. The maximum absolute atomic E-state index is 8.53. The number of rotatable bonds is 2. The van der Waals surface area contributed by atoms with Gasteiger partial charge in [0.05, 0.1) is 11.4 Å². The molecule has 0 unspecified atom stereocenters. The summed E-state index contributed by atoms with van der Waals surface area (Å²) in [6.45, 7) is 3.40. The lowest BCUT2D eigenvalue weighted by Gasteiger charge is -2.08. The summed E-state index contributed by atoms with van der Waals surface area (Å²) in [5.41, 5.74) is 1.16. The molecule has 0 aromatic carbocycles. The van der Waals surface area contributed by atoms with Gasteiger partial charge in [0.15, 0.2) is 0 Å². The van der Waals surface area contributed by atoms with Gasteiger partial charge in [0.25, 0.3) is 0 Å². The number of nitrogens with zero attached hydrogens (tertiary/aromatic N) is 2. The van der Waals surface area contributed by atoms with Crippen LogP contribution < -0.4 is 4.65 Å². The summed E-state index contributed by atoms with van der Waals surface area (Å²) in [6, 6.07) is 0. The van der Waals surface area contributed by atoms with Gasteiger partial charge in [-0.05, 0) is 13.8 Å². The second kappa shape index (κ2) is 3.51. The highest BCUT2D eigenvalue weighted by atomic mass is 16.6. The van der Waals surface area contributed by atoms with Crippen LogP contribution in [-0.2, 0) is 0 Å². The SMILES string of the molecule is Cc1ncnc(C)c1OB(O)O. The van der Waals surface area contributed by atoms with E-state index in [0.29, 0.717) is 17.1 Å². The molecular formula is C6H9BN2O3. The van der Waals surface area contributed by atoms with Gasteiger partial charge in [-0.1, -0.05) is 0 Å². The first-order valence-electron chi connectivity index (χ1n) is 3.42. The predicted octanol–water partition coefficient (Wildman–Crippen LogP) is -0.558. The summed E-state index contributed by atoms with van der Waals surface area (Å²) in [6.07, 6.45) is 1.39. The maximum Gasteiger partial charge on any atom is 0.707 e. The average Bonchev–Trinajstić information content (AvgIpc) is 1.97. The molecule has 0 aliphatic heterocycles. The normalized spacial score (nSPS) is 9.67. The van der Waals surface area contributed by atoms with E-state index in [0.717, 1.165) is 0 Å². The van der Waals surface area contributed by atoms with E-state index in [1.54, 1.807) is 13.8 Å². The van der Waals surface area contributed by atoms with Gasteiger partial charge in [-0.15, -0.1) is 0 Å². The lowest BCUT2D eigenvalue weighted by molar-refractivity contribution is 0.285. The minimum absolute atomic E-state index is 0.313. The van der Waals surface area contributed by atoms with E-state index in [-0.39, 0.29) is 0 Å². The zero-order chi connectivity index (χ0) is 9.14. The van der Waals surface area contributed by atoms with Crippen molar-refractivity contribution in [3.05, 3.63) is 17.7 Å². The standard InChI is InChI=1S/C6H9BN2O3/c1-4-6(12-7(10)11)5(2)9-3-8-4/h3,10-11H,1-2H3. The van der Waals surface area contributed by atoms with Crippen LogP contribution in [0.1, 0.15) is 11.4 Å². The Bertz CT molecular complexity index is 259. The van der Waals surface area contributed by atoms with E-state index in [2.05, 4.69) is 14.6 Å². The summed E-state index contributed by atoms with van der Waals surface area (Å²) in [5.74, 6) is 0.313. The zero-order valence-electron chi connectivity index (χ0n) is 6.85. The van der Waals surface area contributed by atoms with Crippen molar-refractivity contribution in [2.24, 2.45) is 0 Å². The largest absolute Gasteiger partial charge is 0.707 e. The number of aryl methyl sites for hydroxylation is 2. The molecule has 1 heterocycles. The molecule has 64 valence electrons. The van der Waals surface area contributed by atoms with Gasteiger partial charge in [-0.25, -0.2) is 9.97 Å². The molecule has 0 fully saturated rings. The molecule has 0 atom stereocenters.